The van der Waals surface area contributed by atoms with Gasteiger partial charge in [0.1, 0.15) is 11.6 Å². The topological polar surface area (TPSA) is 59.3 Å². The van der Waals surface area contributed by atoms with Gasteiger partial charge in [0.25, 0.3) is 0 Å². The van der Waals surface area contributed by atoms with Crippen LogP contribution in [0.1, 0.15) is 15.9 Å². The lowest BCUT2D eigenvalue weighted by molar-refractivity contribution is 0.0689. The second kappa shape index (κ2) is 5.94. The molecule has 0 radical (unpaired) electrons. The van der Waals surface area contributed by atoms with Crippen molar-refractivity contribution in [2.45, 2.75) is 0 Å². The molecule has 0 saturated carbocycles. The predicted molar refractivity (Wildman–Crippen MR) is 86.5 cm³/mol. The normalized spacial score (nSPS) is 10.8. The zero-order chi connectivity index (χ0) is 18.3. The summed E-state index contributed by atoms with van der Waals surface area (Å²) in [6.45, 7) is 3.54. The van der Waals surface area contributed by atoms with E-state index in [2.05, 4.69) is 6.58 Å². The first kappa shape index (κ1) is 16.5. The Morgan fingerprint density at radius 3 is 2.48 bits per heavy atom. The molecular formula is C18H10F3NO3. The first-order valence-electron chi connectivity index (χ1n) is 7.05. The summed E-state index contributed by atoms with van der Waals surface area (Å²) in [6.07, 6.45) is 1.30. The number of carboxylic acids is 1. The summed E-state index contributed by atoms with van der Waals surface area (Å²) >= 11 is 0. The molecule has 0 amide bonds. The van der Waals surface area contributed by atoms with Crippen LogP contribution in [0.4, 0.5) is 13.2 Å². The number of halogens is 3. The van der Waals surface area contributed by atoms with Crippen LogP contribution in [0.2, 0.25) is 0 Å². The van der Waals surface area contributed by atoms with Crippen molar-refractivity contribution in [3.05, 3.63) is 81.9 Å². The highest BCUT2D eigenvalue weighted by Crippen LogP contribution is 2.25. The Hall–Kier alpha value is -3.35. The monoisotopic (exact) mass is 345 g/mol. The Bertz CT molecular complexity index is 1100. The molecule has 0 atom stereocenters. The van der Waals surface area contributed by atoms with Crippen LogP contribution < -0.4 is 5.43 Å². The maximum atomic E-state index is 14.8. The highest BCUT2D eigenvalue weighted by atomic mass is 19.1. The van der Waals surface area contributed by atoms with E-state index in [1.165, 1.54) is 24.3 Å². The summed E-state index contributed by atoms with van der Waals surface area (Å²) in [5.41, 5.74) is -2.40. The molecule has 1 aromatic heterocycles. The average molecular weight is 345 g/mol. The highest BCUT2D eigenvalue weighted by molar-refractivity contribution is 5.96. The van der Waals surface area contributed by atoms with Crippen LogP contribution in [-0.2, 0) is 0 Å². The van der Waals surface area contributed by atoms with Gasteiger partial charge in [-0.05, 0) is 23.8 Å². The van der Waals surface area contributed by atoms with Gasteiger partial charge in [-0.2, -0.15) is 4.39 Å². The fourth-order valence-electron chi connectivity index (χ4n) is 2.68. The summed E-state index contributed by atoms with van der Waals surface area (Å²) in [7, 11) is 0. The van der Waals surface area contributed by atoms with E-state index in [1.807, 2.05) is 0 Å². The van der Waals surface area contributed by atoms with Crippen molar-refractivity contribution in [3.8, 4) is 5.69 Å². The molecule has 2 aromatic carbocycles. The van der Waals surface area contributed by atoms with Gasteiger partial charge in [-0.15, -0.1) is 0 Å². The van der Waals surface area contributed by atoms with E-state index in [1.54, 1.807) is 0 Å². The van der Waals surface area contributed by atoms with Gasteiger partial charge in [0.2, 0.25) is 11.4 Å². The molecule has 126 valence electrons. The van der Waals surface area contributed by atoms with Crippen molar-refractivity contribution in [1.29, 1.82) is 0 Å². The third-order valence-electron chi connectivity index (χ3n) is 3.76. The smallest absolute Gasteiger partial charge is 0.344 e. The lowest BCUT2D eigenvalue weighted by Gasteiger charge is -2.16. The van der Waals surface area contributed by atoms with E-state index < -0.39 is 40.2 Å². The number of carbonyl (C=O) groups is 1. The van der Waals surface area contributed by atoms with Gasteiger partial charge in [-0.1, -0.05) is 24.8 Å². The minimum absolute atomic E-state index is 0.0598. The summed E-state index contributed by atoms with van der Waals surface area (Å²) in [6, 6.07) is 6.71. The van der Waals surface area contributed by atoms with E-state index >= 15 is 0 Å². The van der Waals surface area contributed by atoms with E-state index in [9.17, 15) is 27.9 Å². The van der Waals surface area contributed by atoms with Gasteiger partial charge in [0.05, 0.1) is 16.6 Å². The van der Waals surface area contributed by atoms with E-state index in [-0.39, 0.29) is 16.5 Å². The van der Waals surface area contributed by atoms with Crippen LogP contribution in [0.5, 0.6) is 0 Å². The molecule has 4 nitrogen and oxygen atoms in total. The van der Waals surface area contributed by atoms with Gasteiger partial charge < -0.3 is 5.11 Å². The first-order chi connectivity index (χ1) is 11.9. The van der Waals surface area contributed by atoms with Crippen molar-refractivity contribution >= 4 is 22.9 Å². The molecule has 1 heterocycles. The molecule has 25 heavy (non-hydrogen) atoms. The third-order valence-corrected chi connectivity index (χ3v) is 3.76. The van der Waals surface area contributed by atoms with Gasteiger partial charge in [-0.25, -0.2) is 13.6 Å². The van der Waals surface area contributed by atoms with Gasteiger partial charge in [-0.3, -0.25) is 9.36 Å². The Kier molecular flexibility index (Phi) is 3.92. The molecule has 7 heteroatoms. The zero-order valence-electron chi connectivity index (χ0n) is 12.6. The van der Waals surface area contributed by atoms with Gasteiger partial charge >= 0.3 is 5.97 Å². The number of fused-ring (bicyclic) bond motifs is 1. The fraction of sp³-hybridized carbons (Fsp3) is 0. The van der Waals surface area contributed by atoms with E-state index in [0.29, 0.717) is 10.6 Å². The quantitative estimate of drug-likeness (QED) is 0.736. The molecule has 0 unspecified atom stereocenters. The minimum atomic E-state index is -1.79. The molecule has 0 spiro atoms. The van der Waals surface area contributed by atoms with Crippen LogP contribution >= 0.6 is 0 Å². The molecule has 0 bridgehead atoms. The fourth-order valence-corrected chi connectivity index (χ4v) is 2.68. The number of benzene rings is 2. The second-order valence-corrected chi connectivity index (χ2v) is 5.18. The number of pyridine rings is 1. The average Bonchev–Trinajstić information content (AvgIpc) is 2.55. The number of hydrogen-bond acceptors (Lipinski definition) is 2. The standard InChI is InChI=1S/C18H10F3NO3/c1-2-9-4-3-5-13-14(9)16(23)15(18(24)25)17(21)22(13)12-7-6-10(19)8-11(12)20/h2-8H,1H2,(H,24,25). The van der Waals surface area contributed by atoms with Gasteiger partial charge in [0, 0.05) is 6.07 Å². The molecule has 0 fully saturated rings. The largest absolute Gasteiger partial charge is 0.477 e. The summed E-state index contributed by atoms with van der Waals surface area (Å²) in [5.74, 6) is -5.22. The molecule has 0 aliphatic rings. The van der Waals surface area contributed by atoms with Crippen LogP contribution in [0.3, 0.4) is 0 Å². The highest BCUT2D eigenvalue weighted by Gasteiger charge is 2.25. The van der Waals surface area contributed by atoms with E-state index in [0.717, 1.165) is 12.1 Å². The number of aromatic nitrogens is 1. The summed E-state index contributed by atoms with van der Waals surface area (Å²) < 4.78 is 42.8. The summed E-state index contributed by atoms with van der Waals surface area (Å²) in [4.78, 5) is 23.8. The number of aromatic carboxylic acids is 1. The number of nitrogens with zero attached hydrogens (tertiary/aromatic N) is 1. The minimum Gasteiger partial charge on any atom is -0.477 e. The number of hydrogen-bond donors (Lipinski definition) is 1. The Morgan fingerprint density at radius 2 is 1.88 bits per heavy atom. The van der Waals surface area contributed by atoms with Crippen molar-refractivity contribution in [2.24, 2.45) is 0 Å². The number of carboxylic acid groups (broad SMARTS) is 1. The molecular weight excluding hydrogens is 335 g/mol. The molecule has 3 aromatic rings. The maximum absolute atomic E-state index is 14.8. The maximum Gasteiger partial charge on any atom is 0.344 e. The second-order valence-electron chi connectivity index (χ2n) is 5.18. The zero-order valence-corrected chi connectivity index (χ0v) is 12.6. The SMILES string of the molecule is C=Cc1cccc2c1c(=O)c(C(=O)O)c(F)n2-c1ccc(F)cc1F. The van der Waals surface area contributed by atoms with Crippen LogP contribution in [0.15, 0.2) is 47.8 Å². The van der Waals surface area contributed by atoms with Crippen LogP contribution in [-0.4, -0.2) is 15.6 Å². The Labute approximate surface area is 139 Å². The van der Waals surface area contributed by atoms with Gasteiger partial charge in [0.15, 0.2) is 5.56 Å². The molecule has 0 aliphatic carbocycles. The van der Waals surface area contributed by atoms with Crippen LogP contribution in [0, 0.1) is 17.6 Å². The third kappa shape index (κ3) is 2.50. The molecule has 3 rings (SSSR count). The molecule has 0 aliphatic heterocycles. The number of rotatable bonds is 3. The Morgan fingerprint density at radius 1 is 1.16 bits per heavy atom. The predicted octanol–water partition coefficient (Wildman–Crippen LogP) is 3.75. The lowest BCUT2D eigenvalue weighted by Crippen LogP contribution is -2.24. The Balaban J connectivity index is 2.61. The van der Waals surface area contributed by atoms with E-state index in [4.69, 9.17) is 0 Å². The lowest BCUT2D eigenvalue weighted by atomic mass is 10.0. The van der Waals surface area contributed by atoms with Crippen molar-refractivity contribution in [3.63, 3.8) is 0 Å². The molecule has 0 saturated heterocycles. The van der Waals surface area contributed by atoms with Crippen molar-refractivity contribution < 1.29 is 23.1 Å². The van der Waals surface area contributed by atoms with Crippen molar-refractivity contribution in [1.82, 2.24) is 4.57 Å². The summed E-state index contributed by atoms with van der Waals surface area (Å²) in [5, 5.41) is 9.10. The first-order valence-corrected chi connectivity index (χ1v) is 7.05. The molecule has 1 N–H and O–H groups in total. The van der Waals surface area contributed by atoms with Crippen molar-refractivity contribution in [2.75, 3.05) is 0 Å². The van der Waals surface area contributed by atoms with Crippen LogP contribution in [0.25, 0.3) is 22.7 Å².